The van der Waals surface area contributed by atoms with Gasteiger partial charge in [-0.2, -0.15) is 0 Å². The minimum Gasteiger partial charge on any atom is -0.478 e. The normalized spacial score (nSPS) is 12.3. The first-order valence-corrected chi connectivity index (χ1v) is 6.58. The summed E-state index contributed by atoms with van der Waals surface area (Å²) in [6.45, 7) is 0.376. The topological polar surface area (TPSA) is 66.8 Å². The Morgan fingerprint density at radius 2 is 2.11 bits per heavy atom. The van der Waals surface area contributed by atoms with Gasteiger partial charge in [0.1, 0.15) is 6.10 Å². The van der Waals surface area contributed by atoms with E-state index in [9.17, 15) is 9.90 Å². The van der Waals surface area contributed by atoms with E-state index in [4.69, 9.17) is 9.84 Å². The lowest BCUT2D eigenvalue weighted by molar-refractivity contribution is 0.0692. The van der Waals surface area contributed by atoms with E-state index >= 15 is 0 Å². The highest BCUT2D eigenvalue weighted by Crippen LogP contribution is 2.31. The van der Waals surface area contributed by atoms with Crippen LogP contribution in [-0.2, 0) is 11.3 Å². The van der Waals surface area contributed by atoms with Crippen LogP contribution in [0.5, 0.6) is 0 Å². The summed E-state index contributed by atoms with van der Waals surface area (Å²) in [6, 6.07) is 8.81. The molecule has 2 rings (SSSR count). The average molecular weight is 278 g/mol. The van der Waals surface area contributed by atoms with E-state index in [-0.39, 0.29) is 5.56 Å². The molecule has 0 aliphatic carbocycles. The number of hydrogen-bond donors (Lipinski definition) is 2. The summed E-state index contributed by atoms with van der Waals surface area (Å²) < 4.78 is 5.09. The molecule has 0 saturated carbocycles. The van der Waals surface area contributed by atoms with Gasteiger partial charge in [0, 0.05) is 7.11 Å². The molecule has 1 aromatic heterocycles. The number of carbonyl (C=O) groups is 1. The number of carboxylic acid groups (broad SMARTS) is 1. The molecule has 1 heterocycles. The van der Waals surface area contributed by atoms with Crippen LogP contribution in [0, 0.1) is 0 Å². The van der Waals surface area contributed by atoms with Crippen LogP contribution in [0.4, 0.5) is 0 Å². The number of carboxylic acids is 1. The molecular formula is C14H14O4S. The highest BCUT2D eigenvalue weighted by Gasteiger charge is 2.21. The molecule has 0 amide bonds. The van der Waals surface area contributed by atoms with Crippen molar-refractivity contribution in [2.45, 2.75) is 12.7 Å². The van der Waals surface area contributed by atoms with Crippen molar-refractivity contribution >= 4 is 17.3 Å². The summed E-state index contributed by atoms with van der Waals surface area (Å²) in [6.07, 6.45) is -0.947. The predicted molar refractivity (Wildman–Crippen MR) is 72.5 cm³/mol. The molecule has 0 aliphatic rings. The van der Waals surface area contributed by atoms with Crippen LogP contribution in [0.3, 0.4) is 0 Å². The zero-order valence-electron chi connectivity index (χ0n) is 10.4. The molecule has 2 N–H and O–H groups in total. The van der Waals surface area contributed by atoms with Crippen LogP contribution in [0.2, 0.25) is 0 Å². The van der Waals surface area contributed by atoms with Crippen molar-refractivity contribution in [3.05, 3.63) is 57.3 Å². The Kier molecular flexibility index (Phi) is 4.31. The van der Waals surface area contributed by atoms with E-state index in [2.05, 4.69) is 0 Å². The third kappa shape index (κ3) is 2.84. The van der Waals surface area contributed by atoms with E-state index in [0.717, 1.165) is 5.56 Å². The maximum Gasteiger partial charge on any atom is 0.336 e. The van der Waals surface area contributed by atoms with Crippen molar-refractivity contribution in [1.82, 2.24) is 0 Å². The fraction of sp³-hybridized carbons (Fsp3) is 0.214. The lowest BCUT2D eigenvalue weighted by atomic mass is 10.00. The molecule has 0 fully saturated rings. The zero-order chi connectivity index (χ0) is 13.8. The molecule has 2 aromatic rings. The first kappa shape index (κ1) is 13.7. The van der Waals surface area contributed by atoms with Gasteiger partial charge < -0.3 is 14.9 Å². The lowest BCUT2D eigenvalue weighted by Crippen LogP contribution is -2.07. The molecule has 1 unspecified atom stereocenters. The van der Waals surface area contributed by atoms with E-state index in [1.807, 2.05) is 18.2 Å². The third-order valence-electron chi connectivity index (χ3n) is 2.82. The summed E-state index contributed by atoms with van der Waals surface area (Å²) in [5.41, 5.74) is 1.67. The highest BCUT2D eigenvalue weighted by atomic mass is 32.1. The maximum atomic E-state index is 11.1. The van der Waals surface area contributed by atoms with Crippen molar-refractivity contribution in [3.8, 4) is 0 Å². The quantitative estimate of drug-likeness (QED) is 0.882. The van der Waals surface area contributed by atoms with Crippen molar-refractivity contribution in [3.63, 3.8) is 0 Å². The van der Waals surface area contributed by atoms with Crippen LogP contribution < -0.4 is 0 Å². The van der Waals surface area contributed by atoms with Gasteiger partial charge >= 0.3 is 5.97 Å². The number of aliphatic hydroxyl groups is 1. The number of hydrogen-bond acceptors (Lipinski definition) is 4. The molecule has 0 radical (unpaired) electrons. The Hall–Kier alpha value is -1.69. The molecule has 0 spiro atoms. The second kappa shape index (κ2) is 5.97. The number of ether oxygens (including phenoxy) is 1. The molecule has 0 bridgehead atoms. The molecule has 19 heavy (non-hydrogen) atoms. The van der Waals surface area contributed by atoms with E-state index in [1.54, 1.807) is 18.6 Å². The molecule has 5 heteroatoms. The Balaban J connectivity index is 2.41. The number of aromatic carboxylic acids is 1. The lowest BCUT2D eigenvalue weighted by Gasteiger charge is -2.15. The van der Waals surface area contributed by atoms with Gasteiger partial charge in [0.25, 0.3) is 0 Å². The van der Waals surface area contributed by atoms with Crippen molar-refractivity contribution in [2.24, 2.45) is 0 Å². The standard InChI is InChI=1S/C14H14O4S/c1-18-8-9-4-2-3-5-10(9)12(15)13-11(14(16)17)6-7-19-13/h2-7,12,15H,8H2,1H3,(H,16,17). The molecule has 1 atom stereocenters. The molecule has 100 valence electrons. The molecule has 1 aromatic carbocycles. The molecule has 0 saturated heterocycles. The summed E-state index contributed by atoms with van der Waals surface area (Å²) >= 11 is 1.24. The van der Waals surface area contributed by atoms with Crippen molar-refractivity contribution < 1.29 is 19.7 Å². The van der Waals surface area contributed by atoms with Crippen LogP contribution >= 0.6 is 11.3 Å². The van der Waals surface area contributed by atoms with Gasteiger partial charge in [0.05, 0.1) is 17.0 Å². The van der Waals surface area contributed by atoms with Gasteiger partial charge in [-0.3, -0.25) is 0 Å². The summed E-state index contributed by atoms with van der Waals surface area (Å²) in [5.74, 6) is -1.03. The van der Waals surface area contributed by atoms with E-state index in [1.165, 1.54) is 17.4 Å². The Labute approximate surface area is 114 Å². The van der Waals surface area contributed by atoms with E-state index < -0.39 is 12.1 Å². The summed E-state index contributed by atoms with van der Waals surface area (Å²) in [4.78, 5) is 11.5. The second-order valence-corrected chi connectivity index (χ2v) is 4.99. The van der Waals surface area contributed by atoms with Crippen molar-refractivity contribution in [2.75, 3.05) is 7.11 Å². The SMILES string of the molecule is COCc1ccccc1C(O)c1sccc1C(=O)O. The van der Waals surface area contributed by atoms with Gasteiger partial charge in [-0.1, -0.05) is 24.3 Å². The van der Waals surface area contributed by atoms with Gasteiger partial charge in [0.15, 0.2) is 0 Å². The largest absolute Gasteiger partial charge is 0.478 e. The highest BCUT2D eigenvalue weighted by molar-refractivity contribution is 7.10. The van der Waals surface area contributed by atoms with Crippen LogP contribution in [0.15, 0.2) is 35.7 Å². The van der Waals surface area contributed by atoms with E-state index in [0.29, 0.717) is 17.0 Å². The first-order chi connectivity index (χ1) is 9.15. The smallest absolute Gasteiger partial charge is 0.336 e. The minimum atomic E-state index is -1.03. The number of thiophene rings is 1. The Morgan fingerprint density at radius 3 is 2.79 bits per heavy atom. The maximum absolute atomic E-state index is 11.1. The Bertz CT molecular complexity index is 576. The predicted octanol–water partition coefficient (Wildman–Crippen LogP) is 2.67. The molecule has 0 aliphatic heterocycles. The van der Waals surface area contributed by atoms with Crippen LogP contribution in [-0.4, -0.2) is 23.3 Å². The van der Waals surface area contributed by atoms with Crippen LogP contribution in [0.25, 0.3) is 0 Å². The number of benzene rings is 1. The first-order valence-electron chi connectivity index (χ1n) is 5.70. The summed E-state index contributed by atoms with van der Waals surface area (Å²) in [5, 5.41) is 21.2. The third-order valence-corrected chi connectivity index (χ3v) is 3.79. The number of aliphatic hydroxyl groups excluding tert-OH is 1. The Morgan fingerprint density at radius 1 is 1.37 bits per heavy atom. The average Bonchev–Trinajstić information content (AvgIpc) is 2.88. The fourth-order valence-corrected chi connectivity index (χ4v) is 2.83. The van der Waals surface area contributed by atoms with Gasteiger partial charge in [-0.05, 0) is 22.6 Å². The van der Waals surface area contributed by atoms with Gasteiger partial charge in [-0.25, -0.2) is 4.79 Å². The molecular weight excluding hydrogens is 264 g/mol. The van der Waals surface area contributed by atoms with Gasteiger partial charge in [-0.15, -0.1) is 11.3 Å². The number of rotatable bonds is 5. The van der Waals surface area contributed by atoms with Crippen molar-refractivity contribution in [1.29, 1.82) is 0 Å². The van der Waals surface area contributed by atoms with Gasteiger partial charge in [0.2, 0.25) is 0 Å². The number of methoxy groups -OCH3 is 1. The van der Waals surface area contributed by atoms with Crippen LogP contribution in [0.1, 0.15) is 32.5 Å². The zero-order valence-corrected chi connectivity index (χ0v) is 11.2. The molecule has 4 nitrogen and oxygen atoms in total. The monoisotopic (exact) mass is 278 g/mol. The minimum absolute atomic E-state index is 0.143. The fourth-order valence-electron chi connectivity index (χ4n) is 1.94. The summed E-state index contributed by atoms with van der Waals surface area (Å²) in [7, 11) is 1.58. The second-order valence-electron chi connectivity index (χ2n) is 4.04.